The minimum Gasteiger partial charge on any atom is -0.356 e. The summed E-state index contributed by atoms with van der Waals surface area (Å²) in [7, 11) is 1.76. The molecule has 1 aromatic carbocycles. The molecule has 1 fully saturated rings. The van der Waals surface area contributed by atoms with Gasteiger partial charge in [-0.1, -0.05) is 37.3 Å². The quantitative estimate of drug-likeness (QED) is 0.620. The molecule has 0 saturated carbocycles. The molecular formula is C19H30N4O. The topological polar surface area (TPSA) is 56.7 Å². The highest BCUT2D eigenvalue weighted by Crippen LogP contribution is 2.15. The van der Waals surface area contributed by atoms with Gasteiger partial charge < -0.3 is 15.5 Å². The molecule has 0 bridgehead atoms. The molecule has 0 spiro atoms. The molecule has 5 heteroatoms. The molecule has 1 unspecified atom stereocenters. The summed E-state index contributed by atoms with van der Waals surface area (Å²) in [6.45, 7) is 5.47. The van der Waals surface area contributed by atoms with Crippen LogP contribution in [0, 0.1) is 5.92 Å². The van der Waals surface area contributed by atoms with Gasteiger partial charge in [0.05, 0.1) is 0 Å². The van der Waals surface area contributed by atoms with Crippen molar-refractivity contribution in [2.75, 3.05) is 33.2 Å². The molecule has 5 nitrogen and oxygen atoms in total. The number of guanidine groups is 1. The number of carbonyl (C=O) groups excluding carboxylic acids is 1. The van der Waals surface area contributed by atoms with Crippen LogP contribution in [0.3, 0.4) is 0 Å². The zero-order valence-electron chi connectivity index (χ0n) is 14.9. The van der Waals surface area contributed by atoms with E-state index in [0.29, 0.717) is 18.9 Å². The fraction of sp³-hybridized carbons (Fsp3) is 0.579. The van der Waals surface area contributed by atoms with Crippen molar-refractivity contribution in [2.24, 2.45) is 10.9 Å². The van der Waals surface area contributed by atoms with E-state index >= 15 is 0 Å². The first-order chi connectivity index (χ1) is 11.7. The maximum absolute atomic E-state index is 12.2. The molecule has 1 aliphatic rings. The van der Waals surface area contributed by atoms with Gasteiger partial charge in [0.25, 0.3) is 0 Å². The van der Waals surface area contributed by atoms with Gasteiger partial charge in [-0.25, -0.2) is 0 Å². The summed E-state index contributed by atoms with van der Waals surface area (Å²) >= 11 is 0. The molecule has 1 saturated heterocycles. The Morgan fingerprint density at radius 3 is 2.71 bits per heavy atom. The van der Waals surface area contributed by atoms with E-state index in [9.17, 15) is 4.79 Å². The molecule has 2 N–H and O–H groups in total. The zero-order valence-corrected chi connectivity index (χ0v) is 14.9. The van der Waals surface area contributed by atoms with Gasteiger partial charge in [0, 0.05) is 39.6 Å². The summed E-state index contributed by atoms with van der Waals surface area (Å²) in [5, 5.41) is 6.52. The first-order valence-electron chi connectivity index (χ1n) is 8.95. The SMILES string of the molecule is CN=C(NCCC(=O)N1CCCC(C)C1)NCCc1ccccc1. The highest BCUT2D eigenvalue weighted by Gasteiger charge is 2.20. The minimum atomic E-state index is 0.244. The molecule has 24 heavy (non-hydrogen) atoms. The normalized spacial score (nSPS) is 18.3. The Morgan fingerprint density at radius 2 is 2.00 bits per heavy atom. The maximum atomic E-state index is 12.2. The van der Waals surface area contributed by atoms with E-state index in [4.69, 9.17) is 0 Å². The van der Waals surface area contributed by atoms with E-state index in [1.165, 1.54) is 12.0 Å². The first-order valence-corrected chi connectivity index (χ1v) is 8.95. The first kappa shape index (κ1) is 18.3. The predicted molar refractivity (Wildman–Crippen MR) is 99.1 cm³/mol. The summed E-state index contributed by atoms with van der Waals surface area (Å²) in [5.74, 6) is 1.63. The average Bonchev–Trinajstić information content (AvgIpc) is 2.61. The molecule has 0 aliphatic carbocycles. The van der Waals surface area contributed by atoms with Gasteiger partial charge in [0.1, 0.15) is 0 Å². The molecular weight excluding hydrogens is 300 g/mol. The van der Waals surface area contributed by atoms with Crippen molar-refractivity contribution in [2.45, 2.75) is 32.6 Å². The van der Waals surface area contributed by atoms with E-state index in [0.717, 1.165) is 38.4 Å². The van der Waals surface area contributed by atoms with Gasteiger partial charge in [-0.15, -0.1) is 0 Å². The van der Waals surface area contributed by atoms with Crippen LogP contribution in [0.1, 0.15) is 31.7 Å². The van der Waals surface area contributed by atoms with Crippen LogP contribution in [0.15, 0.2) is 35.3 Å². The average molecular weight is 330 g/mol. The maximum Gasteiger partial charge on any atom is 0.224 e. The molecule has 132 valence electrons. The predicted octanol–water partition coefficient (Wildman–Crippen LogP) is 2.04. The second kappa shape index (κ2) is 9.96. The number of nitrogens with zero attached hydrogens (tertiary/aromatic N) is 2. The van der Waals surface area contributed by atoms with Crippen LogP contribution < -0.4 is 10.6 Å². The van der Waals surface area contributed by atoms with Gasteiger partial charge in [-0.05, 0) is 30.7 Å². The van der Waals surface area contributed by atoms with Crippen molar-refractivity contribution in [3.8, 4) is 0 Å². The molecule has 1 heterocycles. The van der Waals surface area contributed by atoms with Gasteiger partial charge in [-0.2, -0.15) is 0 Å². The third kappa shape index (κ3) is 6.22. The Balaban J connectivity index is 1.63. The highest BCUT2D eigenvalue weighted by atomic mass is 16.2. The van der Waals surface area contributed by atoms with Crippen LogP contribution in [0.4, 0.5) is 0 Å². The number of hydrogen-bond donors (Lipinski definition) is 2. The van der Waals surface area contributed by atoms with Gasteiger partial charge in [-0.3, -0.25) is 9.79 Å². The van der Waals surface area contributed by atoms with E-state index in [2.05, 4.69) is 46.8 Å². The van der Waals surface area contributed by atoms with Crippen LogP contribution in [0.25, 0.3) is 0 Å². The third-order valence-corrected chi connectivity index (χ3v) is 4.41. The highest BCUT2D eigenvalue weighted by molar-refractivity contribution is 5.81. The number of aliphatic imine (C=N–C) groups is 1. The molecule has 2 rings (SSSR count). The molecule has 1 atom stereocenters. The molecule has 1 aliphatic heterocycles. The molecule has 0 aromatic heterocycles. The van der Waals surface area contributed by atoms with Crippen LogP contribution >= 0.6 is 0 Å². The molecule has 1 amide bonds. The lowest BCUT2D eigenvalue weighted by atomic mass is 10.00. The largest absolute Gasteiger partial charge is 0.356 e. The fourth-order valence-electron chi connectivity index (χ4n) is 3.05. The second-order valence-electron chi connectivity index (χ2n) is 6.50. The van der Waals surface area contributed by atoms with Crippen LogP contribution in [0.2, 0.25) is 0 Å². The van der Waals surface area contributed by atoms with Gasteiger partial charge in [0.15, 0.2) is 5.96 Å². The second-order valence-corrected chi connectivity index (χ2v) is 6.50. The number of piperidine rings is 1. The number of likely N-dealkylation sites (tertiary alicyclic amines) is 1. The van der Waals surface area contributed by atoms with Crippen LogP contribution in [-0.4, -0.2) is 50.0 Å². The van der Waals surface area contributed by atoms with E-state index in [1.54, 1.807) is 7.05 Å². The molecule has 1 aromatic rings. The van der Waals surface area contributed by atoms with Crippen LogP contribution in [-0.2, 0) is 11.2 Å². The summed E-state index contributed by atoms with van der Waals surface area (Å²) in [5.41, 5.74) is 1.30. The smallest absolute Gasteiger partial charge is 0.224 e. The Hall–Kier alpha value is -2.04. The Kier molecular flexibility index (Phi) is 7.59. The summed E-state index contributed by atoms with van der Waals surface area (Å²) in [4.78, 5) is 18.4. The van der Waals surface area contributed by atoms with Crippen molar-refractivity contribution >= 4 is 11.9 Å². The minimum absolute atomic E-state index is 0.244. The standard InChI is InChI=1S/C19H30N4O/c1-16-7-6-14-23(15-16)18(24)11-13-22-19(20-2)21-12-10-17-8-4-3-5-9-17/h3-5,8-9,16H,6-7,10-15H2,1-2H3,(H2,20,21,22). The number of rotatable bonds is 6. The number of hydrogen-bond acceptors (Lipinski definition) is 2. The van der Waals surface area contributed by atoms with Crippen molar-refractivity contribution in [1.29, 1.82) is 0 Å². The Morgan fingerprint density at radius 1 is 1.25 bits per heavy atom. The number of benzene rings is 1. The lowest BCUT2D eigenvalue weighted by Gasteiger charge is -2.31. The number of carbonyl (C=O) groups is 1. The van der Waals surface area contributed by atoms with Crippen molar-refractivity contribution in [3.05, 3.63) is 35.9 Å². The van der Waals surface area contributed by atoms with Crippen molar-refractivity contribution < 1.29 is 4.79 Å². The summed E-state index contributed by atoms with van der Waals surface area (Å²) in [6, 6.07) is 10.4. The van der Waals surface area contributed by atoms with Gasteiger partial charge in [0.2, 0.25) is 5.91 Å². The Labute approximate surface area is 145 Å². The number of nitrogens with one attached hydrogen (secondary N) is 2. The Bertz CT molecular complexity index is 529. The third-order valence-electron chi connectivity index (χ3n) is 4.41. The lowest BCUT2D eigenvalue weighted by molar-refractivity contribution is -0.132. The van der Waals surface area contributed by atoms with E-state index < -0.39 is 0 Å². The van der Waals surface area contributed by atoms with Gasteiger partial charge >= 0.3 is 0 Å². The summed E-state index contributed by atoms with van der Waals surface area (Å²) < 4.78 is 0. The van der Waals surface area contributed by atoms with Crippen molar-refractivity contribution in [3.63, 3.8) is 0 Å². The summed E-state index contributed by atoms with van der Waals surface area (Å²) in [6.07, 6.45) is 3.83. The monoisotopic (exact) mass is 330 g/mol. The van der Waals surface area contributed by atoms with Crippen molar-refractivity contribution in [1.82, 2.24) is 15.5 Å². The number of amides is 1. The lowest BCUT2D eigenvalue weighted by Crippen LogP contribution is -2.42. The molecule has 0 radical (unpaired) electrons. The van der Waals surface area contributed by atoms with E-state index in [-0.39, 0.29) is 5.91 Å². The van der Waals surface area contributed by atoms with E-state index in [1.807, 2.05) is 11.0 Å². The zero-order chi connectivity index (χ0) is 17.2. The van der Waals surface area contributed by atoms with Crippen LogP contribution in [0.5, 0.6) is 0 Å². The fourth-order valence-corrected chi connectivity index (χ4v) is 3.05.